The third-order valence-electron chi connectivity index (χ3n) is 4.92. The molecule has 208 valence electrons. The van der Waals surface area contributed by atoms with Crippen LogP contribution in [0.25, 0.3) is 0 Å². The Morgan fingerprint density at radius 3 is 1.92 bits per heavy atom. The van der Waals surface area contributed by atoms with Crippen LogP contribution in [0.2, 0.25) is 0 Å². The molecule has 0 aliphatic carbocycles. The monoisotopic (exact) mass is 534 g/mol. The number of carboxylic acids is 2. The maximum absolute atomic E-state index is 10.6. The van der Waals surface area contributed by atoms with E-state index in [4.69, 9.17) is 24.5 Å². The molecule has 8 nitrogen and oxygen atoms in total. The molecule has 36 heavy (non-hydrogen) atoms. The quantitative estimate of drug-likeness (QED) is 0.393. The molecule has 1 aliphatic rings. The predicted octanol–water partition coefficient (Wildman–Crippen LogP) is 3.38. The number of hydrogen-bond acceptors (Lipinski definition) is 6. The molecule has 1 aliphatic heterocycles. The normalized spacial score (nSPS) is 15.6. The van der Waals surface area contributed by atoms with E-state index in [-0.39, 0.29) is 0 Å². The lowest BCUT2D eigenvalue weighted by Gasteiger charge is -2.32. The second-order valence-corrected chi connectivity index (χ2v) is 7.96. The zero-order valence-corrected chi connectivity index (χ0v) is 20.1. The number of likely N-dealkylation sites (tertiary alicyclic amines) is 1. The number of aryl methyl sites for hydroxylation is 2. The largest absolute Gasteiger partial charge is 0.491 e. The van der Waals surface area contributed by atoms with Crippen molar-refractivity contribution in [3.8, 4) is 5.75 Å². The van der Waals surface area contributed by atoms with Gasteiger partial charge in [0.1, 0.15) is 18.5 Å². The number of halogens is 6. The Kier molecular flexibility index (Phi) is 14.4. The summed E-state index contributed by atoms with van der Waals surface area (Å²) in [6.45, 7) is 10.7. The Labute approximate surface area is 204 Å². The van der Waals surface area contributed by atoms with E-state index in [1.54, 1.807) is 0 Å². The van der Waals surface area contributed by atoms with Gasteiger partial charge in [-0.15, -0.1) is 0 Å². The molecule has 14 heteroatoms. The molecular formula is C22H32F6N2O6. The molecule has 2 rings (SSSR count). The fourth-order valence-corrected chi connectivity index (χ4v) is 2.96. The molecule has 1 aromatic rings. The highest BCUT2D eigenvalue weighted by atomic mass is 19.4. The number of hydrogen-bond donors (Lipinski definition) is 4. The number of aliphatic carboxylic acids is 2. The van der Waals surface area contributed by atoms with Crippen LogP contribution in [0.4, 0.5) is 26.3 Å². The minimum absolute atomic E-state index is 0.338. The Balaban J connectivity index is 0.000000720. The summed E-state index contributed by atoms with van der Waals surface area (Å²) in [6, 6.07) is 6.64. The van der Waals surface area contributed by atoms with Crippen molar-refractivity contribution >= 4 is 11.9 Å². The fourth-order valence-electron chi connectivity index (χ4n) is 2.96. The second-order valence-electron chi connectivity index (χ2n) is 7.96. The number of benzene rings is 1. The van der Waals surface area contributed by atoms with Gasteiger partial charge in [0.05, 0.1) is 0 Å². The van der Waals surface area contributed by atoms with Crippen molar-refractivity contribution in [2.45, 2.75) is 58.1 Å². The molecule has 1 aromatic carbocycles. The second kappa shape index (κ2) is 15.5. The Hall–Kier alpha value is -2.58. The van der Waals surface area contributed by atoms with E-state index in [1.165, 1.54) is 18.4 Å². The molecule has 0 amide bonds. The van der Waals surface area contributed by atoms with Crippen LogP contribution in [0.3, 0.4) is 0 Å². The first kappa shape index (κ1) is 33.4. The summed E-state index contributed by atoms with van der Waals surface area (Å²) in [7, 11) is 0. The summed E-state index contributed by atoms with van der Waals surface area (Å²) in [5.41, 5.74) is 2.34. The molecule has 1 heterocycles. The number of aliphatic hydroxyl groups is 1. The molecule has 0 bridgehead atoms. The first-order valence-electron chi connectivity index (χ1n) is 10.9. The smallest absolute Gasteiger partial charge is 0.490 e. The summed E-state index contributed by atoms with van der Waals surface area (Å²) >= 11 is 0. The third-order valence-corrected chi connectivity index (χ3v) is 4.92. The SMILES string of the molecule is CCN1CCC(NCC(O)COc2ccc(C)cc2C)CC1.O=C(O)C(F)(F)F.O=C(O)C(F)(F)F. The lowest BCUT2D eigenvalue weighted by atomic mass is 10.1. The number of nitrogens with one attached hydrogen (secondary N) is 1. The highest BCUT2D eigenvalue weighted by molar-refractivity contribution is 5.73. The molecule has 1 atom stereocenters. The van der Waals surface area contributed by atoms with Crippen LogP contribution >= 0.6 is 0 Å². The van der Waals surface area contributed by atoms with E-state index in [2.05, 4.69) is 30.1 Å². The number of rotatable bonds is 7. The van der Waals surface area contributed by atoms with Crippen molar-refractivity contribution in [1.82, 2.24) is 10.2 Å². The van der Waals surface area contributed by atoms with Crippen LogP contribution in [0.5, 0.6) is 5.75 Å². The van der Waals surface area contributed by atoms with Crippen LogP contribution in [0.15, 0.2) is 18.2 Å². The summed E-state index contributed by atoms with van der Waals surface area (Å²) in [4.78, 5) is 20.3. The van der Waals surface area contributed by atoms with Crippen LogP contribution in [-0.4, -0.2) is 89.4 Å². The number of piperidine rings is 1. The van der Waals surface area contributed by atoms with Crippen molar-refractivity contribution in [1.29, 1.82) is 0 Å². The number of alkyl halides is 6. The third kappa shape index (κ3) is 14.7. The molecule has 0 aromatic heterocycles. The zero-order chi connectivity index (χ0) is 28.1. The molecule has 1 unspecified atom stereocenters. The number of nitrogens with zero attached hydrogens (tertiary/aromatic N) is 1. The predicted molar refractivity (Wildman–Crippen MR) is 118 cm³/mol. The standard InChI is InChI=1S/C18H30N2O2.2C2HF3O2/c1-4-20-9-7-16(8-10-20)19-12-17(21)13-22-18-6-5-14(2)11-15(18)3;2*3-2(4,5)1(6)7/h5-6,11,16-17,19,21H,4,7-10,12-13H2,1-3H3;2*(H,6,7). The zero-order valence-electron chi connectivity index (χ0n) is 20.1. The lowest BCUT2D eigenvalue weighted by Crippen LogP contribution is -2.45. The van der Waals surface area contributed by atoms with Crippen molar-refractivity contribution in [2.75, 3.05) is 32.8 Å². The fraction of sp³-hybridized carbons (Fsp3) is 0.636. The van der Waals surface area contributed by atoms with E-state index in [9.17, 15) is 31.4 Å². The van der Waals surface area contributed by atoms with Gasteiger partial charge in [-0.2, -0.15) is 26.3 Å². The first-order chi connectivity index (χ1) is 16.5. The highest BCUT2D eigenvalue weighted by Gasteiger charge is 2.38. The number of carboxylic acid groups (broad SMARTS) is 2. The van der Waals surface area contributed by atoms with Gasteiger partial charge >= 0.3 is 24.3 Å². The Morgan fingerprint density at radius 2 is 1.53 bits per heavy atom. The molecule has 0 saturated carbocycles. The van der Waals surface area contributed by atoms with Crippen LogP contribution in [-0.2, 0) is 9.59 Å². The van der Waals surface area contributed by atoms with Gasteiger partial charge in [0.15, 0.2) is 0 Å². The van der Waals surface area contributed by atoms with Crippen molar-refractivity contribution in [3.63, 3.8) is 0 Å². The summed E-state index contributed by atoms with van der Waals surface area (Å²) < 4.78 is 69.2. The van der Waals surface area contributed by atoms with Gasteiger partial charge in [0.2, 0.25) is 0 Å². The van der Waals surface area contributed by atoms with Gasteiger partial charge in [0.25, 0.3) is 0 Å². The molecule has 4 N–H and O–H groups in total. The number of ether oxygens (including phenoxy) is 1. The Bertz CT molecular complexity index is 787. The molecular weight excluding hydrogens is 502 g/mol. The minimum atomic E-state index is -5.08. The van der Waals surface area contributed by atoms with Gasteiger partial charge in [-0.1, -0.05) is 24.6 Å². The first-order valence-corrected chi connectivity index (χ1v) is 10.9. The average molecular weight is 534 g/mol. The maximum atomic E-state index is 10.6. The average Bonchev–Trinajstić information content (AvgIpc) is 2.77. The molecule has 1 saturated heterocycles. The van der Waals surface area contributed by atoms with Crippen LogP contribution in [0, 0.1) is 13.8 Å². The van der Waals surface area contributed by atoms with Gasteiger partial charge in [0, 0.05) is 12.6 Å². The van der Waals surface area contributed by atoms with E-state index in [0.29, 0.717) is 19.2 Å². The van der Waals surface area contributed by atoms with E-state index in [0.717, 1.165) is 30.9 Å². The van der Waals surface area contributed by atoms with Gasteiger partial charge in [-0.25, -0.2) is 9.59 Å². The summed E-state index contributed by atoms with van der Waals surface area (Å²) in [5.74, 6) is -4.65. The van der Waals surface area contributed by atoms with E-state index in [1.807, 2.05) is 19.1 Å². The maximum Gasteiger partial charge on any atom is 0.490 e. The number of aliphatic hydroxyl groups excluding tert-OH is 1. The topological polar surface area (TPSA) is 119 Å². The van der Waals surface area contributed by atoms with Gasteiger partial charge in [-0.3, -0.25) is 0 Å². The molecule has 0 radical (unpaired) electrons. The van der Waals surface area contributed by atoms with Crippen molar-refractivity contribution in [3.05, 3.63) is 29.3 Å². The molecule has 1 fully saturated rings. The molecule has 0 spiro atoms. The van der Waals surface area contributed by atoms with Crippen LogP contribution < -0.4 is 10.1 Å². The summed E-state index contributed by atoms with van der Waals surface area (Å²) in [5, 5.41) is 27.8. The van der Waals surface area contributed by atoms with Gasteiger partial charge in [-0.05, 0) is 58.0 Å². The Morgan fingerprint density at radius 1 is 1.06 bits per heavy atom. The summed E-state index contributed by atoms with van der Waals surface area (Å²) in [6.07, 6.45) is -8.30. The van der Waals surface area contributed by atoms with Crippen LogP contribution in [0.1, 0.15) is 30.9 Å². The van der Waals surface area contributed by atoms with Crippen molar-refractivity contribution in [2.24, 2.45) is 0 Å². The van der Waals surface area contributed by atoms with E-state index >= 15 is 0 Å². The van der Waals surface area contributed by atoms with E-state index < -0.39 is 30.4 Å². The highest BCUT2D eigenvalue weighted by Crippen LogP contribution is 2.19. The van der Waals surface area contributed by atoms with Gasteiger partial charge < -0.3 is 30.3 Å². The lowest BCUT2D eigenvalue weighted by molar-refractivity contribution is -0.193. The number of carbonyl (C=O) groups is 2. The minimum Gasteiger partial charge on any atom is -0.491 e. The van der Waals surface area contributed by atoms with Crippen molar-refractivity contribution < 1.29 is 56.0 Å².